The van der Waals surface area contributed by atoms with E-state index in [1.807, 2.05) is 0 Å². The minimum atomic E-state index is -0.775. The first-order valence-corrected chi connectivity index (χ1v) is 13.5. The molecule has 1 atom stereocenters. The number of carbonyl (C=O) groups is 1. The van der Waals surface area contributed by atoms with Crippen molar-refractivity contribution < 1.29 is 18.3 Å². The molecule has 35 heavy (non-hydrogen) atoms. The van der Waals surface area contributed by atoms with Crippen molar-refractivity contribution in [2.75, 3.05) is 37.7 Å². The molecule has 0 bridgehead atoms. The summed E-state index contributed by atoms with van der Waals surface area (Å²) in [5, 5.41) is 3.47. The number of piperidine rings is 2. The third-order valence-corrected chi connectivity index (χ3v) is 8.53. The Balaban J connectivity index is 1.08. The number of pyridine rings is 1. The number of anilines is 1. The van der Waals surface area contributed by atoms with Crippen LogP contribution >= 0.6 is 11.3 Å². The first kappa shape index (κ1) is 24.5. The van der Waals surface area contributed by atoms with Gasteiger partial charge in [0.1, 0.15) is 16.5 Å². The first-order chi connectivity index (χ1) is 17.0. The lowest BCUT2D eigenvalue weighted by atomic mass is 9.86. The van der Waals surface area contributed by atoms with Crippen LogP contribution in [0.3, 0.4) is 0 Å². The molecule has 2 saturated heterocycles. The monoisotopic (exact) mass is 505 g/mol. The second-order valence-corrected chi connectivity index (χ2v) is 10.9. The summed E-state index contributed by atoms with van der Waals surface area (Å²) in [7, 11) is 0. The number of hydrogen-bond acceptors (Lipinski definition) is 7. The average molecular weight is 506 g/mol. The number of likely N-dealkylation sites (tertiary alicyclic amines) is 1. The van der Waals surface area contributed by atoms with Crippen LogP contribution in [0.4, 0.5) is 13.9 Å². The summed E-state index contributed by atoms with van der Waals surface area (Å²) in [6.45, 7) is 4.85. The zero-order valence-corrected chi connectivity index (χ0v) is 20.7. The Morgan fingerprint density at radius 3 is 2.66 bits per heavy atom. The standard InChI is InChI=1S/C25H33F2N5O2S/c26-18-11-21(27)22(28-12-18)13-29-24(33)23-14-30-25(35-23)31-9-6-19(7-10-31)32-8-2-5-20(15-32)34-16-17-3-1-4-17/h11-12,14,17,19-20H,1-10,13,15-16H2,(H,29,33)/t20-/m1/s1. The number of nitrogens with zero attached hydrogens (tertiary/aromatic N) is 4. The second-order valence-electron chi connectivity index (χ2n) is 9.88. The number of rotatable bonds is 8. The van der Waals surface area contributed by atoms with Crippen LogP contribution in [0.1, 0.15) is 60.3 Å². The van der Waals surface area contributed by atoms with E-state index in [9.17, 15) is 13.6 Å². The third-order valence-electron chi connectivity index (χ3n) is 7.47. The van der Waals surface area contributed by atoms with Gasteiger partial charge >= 0.3 is 0 Å². The maximum Gasteiger partial charge on any atom is 0.263 e. The lowest BCUT2D eigenvalue weighted by Crippen LogP contribution is -2.50. The van der Waals surface area contributed by atoms with Crippen LogP contribution in [0.2, 0.25) is 0 Å². The van der Waals surface area contributed by atoms with Gasteiger partial charge in [-0.05, 0) is 51.0 Å². The van der Waals surface area contributed by atoms with Gasteiger partial charge in [0, 0.05) is 38.3 Å². The Morgan fingerprint density at radius 1 is 1.09 bits per heavy atom. The SMILES string of the molecule is O=C(NCc1ncc(F)cc1F)c1cnc(N2CCC(N3CCC[C@@H](OCC4CCC4)C3)CC2)s1. The Hall–Kier alpha value is -2.17. The predicted molar refractivity (Wildman–Crippen MR) is 131 cm³/mol. The zero-order valence-electron chi connectivity index (χ0n) is 19.9. The smallest absolute Gasteiger partial charge is 0.263 e. The summed E-state index contributed by atoms with van der Waals surface area (Å²) in [5.74, 6) is -1.07. The largest absolute Gasteiger partial charge is 0.377 e. The molecule has 0 aromatic carbocycles. The molecule has 4 heterocycles. The van der Waals surface area contributed by atoms with Crippen molar-refractivity contribution in [2.24, 2.45) is 5.92 Å². The summed E-state index contributed by atoms with van der Waals surface area (Å²) in [4.78, 5) is 26.0. The van der Waals surface area contributed by atoms with Crippen molar-refractivity contribution in [1.82, 2.24) is 20.2 Å². The van der Waals surface area contributed by atoms with Crippen molar-refractivity contribution in [3.63, 3.8) is 0 Å². The van der Waals surface area contributed by atoms with Crippen molar-refractivity contribution in [1.29, 1.82) is 0 Å². The fourth-order valence-corrected chi connectivity index (χ4v) is 6.01. The molecule has 5 rings (SSSR count). The highest BCUT2D eigenvalue weighted by Crippen LogP contribution is 2.30. The van der Waals surface area contributed by atoms with Crippen LogP contribution in [0, 0.1) is 17.6 Å². The molecule has 3 fully saturated rings. The number of ether oxygens (including phenoxy) is 1. The van der Waals surface area contributed by atoms with Crippen molar-refractivity contribution >= 4 is 22.4 Å². The normalized spacial score (nSPS) is 22.2. The molecule has 0 radical (unpaired) electrons. The summed E-state index contributed by atoms with van der Waals surface area (Å²) in [6, 6.07) is 1.33. The summed E-state index contributed by atoms with van der Waals surface area (Å²) >= 11 is 1.34. The van der Waals surface area contributed by atoms with E-state index in [4.69, 9.17) is 4.74 Å². The van der Waals surface area contributed by atoms with Gasteiger partial charge in [0.05, 0.1) is 30.7 Å². The van der Waals surface area contributed by atoms with Gasteiger partial charge in [0.25, 0.3) is 5.91 Å². The number of hydrogen-bond donors (Lipinski definition) is 1. The number of aromatic nitrogens is 2. The number of carbonyl (C=O) groups excluding carboxylic acids is 1. The lowest BCUT2D eigenvalue weighted by Gasteiger charge is -2.42. The van der Waals surface area contributed by atoms with E-state index in [-0.39, 0.29) is 18.1 Å². The molecular weight excluding hydrogens is 472 g/mol. The van der Waals surface area contributed by atoms with E-state index in [1.165, 1.54) is 43.4 Å². The van der Waals surface area contributed by atoms with Crippen LogP contribution in [-0.2, 0) is 11.3 Å². The Bertz CT molecular complexity index is 1010. The molecule has 2 aliphatic heterocycles. The molecule has 1 saturated carbocycles. The number of thiazole rings is 1. The fraction of sp³-hybridized carbons (Fsp3) is 0.640. The minimum Gasteiger partial charge on any atom is -0.377 e. The van der Waals surface area contributed by atoms with Gasteiger partial charge in [-0.2, -0.15) is 0 Å². The molecular formula is C25H33F2N5O2S. The van der Waals surface area contributed by atoms with E-state index in [2.05, 4.69) is 25.1 Å². The molecule has 1 N–H and O–H groups in total. The molecule has 7 nitrogen and oxygen atoms in total. The van der Waals surface area contributed by atoms with Crippen LogP contribution in [0.5, 0.6) is 0 Å². The maximum atomic E-state index is 13.7. The second kappa shape index (κ2) is 11.3. The van der Waals surface area contributed by atoms with Crippen LogP contribution < -0.4 is 10.2 Å². The maximum absolute atomic E-state index is 13.7. The van der Waals surface area contributed by atoms with E-state index in [0.29, 0.717) is 17.0 Å². The summed E-state index contributed by atoms with van der Waals surface area (Å²) in [5.41, 5.74) is -0.0000456. The Morgan fingerprint density at radius 2 is 1.91 bits per heavy atom. The molecule has 2 aromatic heterocycles. The van der Waals surface area contributed by atoms with Gasteiger partial charge in [-0.15, -0.1) is 0 Å². The zero-order chi connectivity index (χ0) is 24.2. The highest BCUT2D eigenvalue weighted by Gasteiger charge is 2.31. The van der Waals surface area contributed by atoms with Gasteiger partial charge < -0.3 is 15.0 Å². The fourth-order valence-electron chi connectivity index (χ4n) is 5.13. The van der Waals surface area contributed by atoms with Crippen molar-refractivity contribution in [3.05, 3.63) is 40.7 Å². The van der Waals surface area contributed by atoms with Crippen molar-refractivity contribution in [2.45, 2.75) is 63.6 Å². The van der Waals surface area contributed by atoms with Crippen molar-refractivity contribution in [3.8, 4) is 0 Å². The van der Waals surface area contributed by atoms with Gasteiger partial charge in [-0.1, -0.05) is 17.8 Å². The molecule has 2 aromatic rings. The van der Waals surface area contributed by atoms with Crippen LogP contribution in [-0.4, -0.2) is 65.7 Å². The Kier molecular flexibility index (Phi) is 7.89. The topological polar surface area (TPSA) is 70.6 Å². The number of amides is 1. The Labute approximate surface area is 208 Å². The summed E-state index contributed by atoms with van der Waals surface area (Å²) < 4.78 is 33.0. The molecule has 190 valence electrons. The molecule has 3 aliphatic rings. The quantitative estimate of drug-likeness (QED) is 0.585. The molecule has 1 aliphatic carbocycles. The van der Waals surface area contributed by atoms with Crippen LogP contribution in [0.25, 0.3) is 0 Å². The molecule has 1 amide bonds. The highest BCUT2D eigenvalue weighted by molar-refractivity contribution is 7.17. The van der Waals surface area contributed by atoms with Gasteiger partial charge in [-0.3, -0.25) is 14.7 Å². The van der Waals surface area contributed by atoms with E-state index >= 15 is 0 Å². The van der Waals surface area contributed by atoms with Gasteiger partial charge in [0.15, 0.2) is 5.13 Å². The molecule has 10 heteroatoms. The third kappa shape index (κ3) is 6.16. The van der Waals surface area contributed by atoms with Gasteiger partial charge in [-0.25, -0.2) is 13.8 Å². The summed E-state index contributed by atoms with van der Waals surface area (Å²) in [6.07, 6.45) is 11.4. The van der Waals surface area contributed by atoms with E-state index in [1.54, 1.807) is 6.20 Å². The first-order valence-electron chi connectivity index (χ1n) is 12.7. The predicted octanol–water partition coefficient (Wildman–Crippen LogP) is 4.00. The minimum absolute atomic E-state index is 0.0000456. The van der Waals surface area contributed by atoms with E-state index in [0.717, 1.165) is 68.9 Å². The van der Waals surface area contributed by atoms with E-state index < -0.39 is 11.6 Å². The number of nitrogens with one attached hydrogen (secondary N) is 1. The van der Waals surface area contributed by atoms with Crippen LogP contribution in [0.15, 0.2) is 18.5 Å². The molecule has 0 unspecified atom stereocenters. The number of halogens is 2. The lowest BCUT2D eigenvalue weighted by molar-refractivity contribution is -0.0384. The van der Waals surface area contributed by atoms with Gasteiger partial charge in [0.2, 0.25) is 0 Å². The molecule has 0 spiro atoms. The average Bonchev–Trinajstić information content (AvgIpc) is 3.33. The highest BCUT2D eigenvalue weighted by atomic mass is 32.1.